The van der Waals surface area contributed by atoms with E-state index in [1.807, 2.05) is 66.1 Å². The molecule has 4 rings (SSSR count). The van der Waals surface area contributed by atoms with Gasteiger partial charge >= 0.3 is 0 Å². The lowest BCUT2D eigenvalue weighted by Gasteiger charge is -2.09. The van der Waals surface area contributed by atoms with Crippen LogP contribution in [-0.2, 0) is 17.9 Å². The average molecular weight is 454 g/mol. The lowest BCUT2D eigenvalue weighted by molar-refractivity contribution is -0.117. The van der Waals surface area contributed by atoms with E-state index in [0.29, 0.717) is 12.1 Å². The number of hydrogen-bond acceptors (Lipinski definition) is 3. The van der Waals surface area contributed by atoms with Crippen molar-refractivity contribution < 1.29 is 13.9 Å². The molecule has 0 saturated heterocycles. The van der Waals surface area contributed by atoms with Crippen LogP contribution in [0.3, 0.4) is 0 Å². The van der Waals surface area contributed by atoms with Gasteiger partial charge < -0.3 is 14.6 Å². The van der Waals surface area contributed by atoms with Crippen molar-refractivity contribution in [2.75, 3.05) is 7.11 Å². The minimum absolute atomic E-state index is 0.00501. The van der Waals surface area contributed by atoms with Gasteiger partial charge in [0, 0.05) is 34.3 Å². The number of rotatable bonds is 7. The Morgan fingerprint density at radius 2 is 1.79 bits per heavy atom. The van der Waals surface area contributed by atoms with Gasteiger partial charge in [-0.2, -0.15) is 5.26 Å². The van der Waals surface area contributed by atoms with Gasteiger partial charge in [-0.15, -0.1) is 0 Å². The monoisotopic (exact) mass is 453 g/mol. The van der Waals surface area contributed by atoms with Crippen LogP contribution in [0.5, 0.6) is 5.75 Å². The van der Waals surface area contributed by atoms with Crippen LogP contribution in [0.25, 0.3) is 17.0 Å². The molecule has 0 unspecified atom stereocenters. The van der Waals surface area contributed by atoms with Crippen LogP contribution in [0.15, 0.2) is 78.4 Å². The summed E-state index contributed by atoms with van der Waals surface area (Å²) in [7, 11) is 1.59. The molecule has 4 aromatic rings. The van der Waals surface area contributed by atoms with Gasteiger partial charge in [-0.1, -0.05) is 48.5 Å². The number of para-hydroxylation sites is 1. The molecule has 0 radical (unpaired) electrons. The third-order valence-electron chi connectivity index (χ3n) is 5.83. The fourth-order valence-electron chi connectivity index (χ4n) is 3.95. The van der Waals surface area contributed by atoms with Gasteiger partial charge in [0.1, 0.15) is 23.2 Å². The summed E-state index contributed by atoms with van der Waals surface area (Å²) in [5, 5.41) is 13.4. The van der Waals surface area contributed by atoms with Gasteiger partial charge in [0.25, 0.3) is 5.91 Å². The molecule has 5 nitrogen and oxygen atoms in total. The molecule has 1 aromatic heterocycles. The van der Waals surface area contributed by atoms with Crippen molar-refractivity contribution in [3.05, 3.63) is 107 Å². The maximum Gasteiger partial charge on any atom is 0.262 e. The first-order valence-electron chi connectivity index (χ1n) is 10.9. The Bertz CT molecular complexity index is 1410. The predicted octanol–water partition coefficient (Wildman–Crippen LogP) is 5.37. The summed E-state index contributed by atoms with van der Waals surface area (Å²) in [6.07, 6.45) is 1.61. The molecule has 0 aliphatic carbocycles. The van der Waals surface area contributed by atoms with Crippen molar-refractivity contribution in [2.45, 2.75) is 20.0 Å². The van der Waals surface area contributed by atoms with Crippen LogP contribution in [0, 0.1) is 24.1 Å². The number of fused-ring (bicyclic) bond motifs is 1. The highest BCUT2D eigenvalue weighted by atomic mass is 19.1. The first kappa shape index (κ1) is 22.8. The van der Waals surface area contributed by atoms with Crippen molar-refractivity contribution in [3.8, 4) is 11.8 Å². The van der Waals surface area contributed by atoms with Crippen LogP contribution in [0.1, 0.15) is 22.4 Å². The van der Waals surface area contributed by atoms with Crippen LogP contribution in [0.4, 0.5) is 4.39 Å². The normalized spacial score (nSPS) is 11.3. The average Bonchev–Trinajstić information content (AvgIpc) is 3.13. The Morgan fingerprint density at radius 1 is 1.09 bits per heavy atom. The smallest absolute Gasteiger partial charge is 0.262 e. The lowest BCUT2D eigenvalue weighted by atomic mass is 10.1. The molecule has 0 aliphatic heterocycles. The molecular weight excluding hydrogens is 429 g/mol. The van der Waals surface area contributed by atoms with Gasteiger partial charge in [-0.3, -0.25) is 4.79 Å². The number of nitriles is 1. The van der Waals surface area contributed by atoms with Crippen LogP contribution < -0.4 is 10.1 Å². The zero-order chi connectivity index (χ0) is 24.1. The molecule has 6 heteroatoms. The Morgan fingerprint density at radius 3 is 2.50 bits per heavy atom. The van der Waals surface area contributed by atoms with E-state index in [1.54, 1.807) is 31.4 Å². The number of halogens is 1. The fourth-order valence-corrected chi connectivity index (χ4v) is 3.95. The summed E-state index contributed by atoms with van der Waals surface area (Å²) in [6.45, 7) is 2.55. The van der Waals surface area contributed by atoms with E-state index in [4.69, 9.17) is 4.74 Å². The molecular formula is C28H24FN3O2. The standard InChI is InChI=1S/C28H24FN3O2/c1-19-25(15-22(16-30)28(33)31-17-20-11-13-23(34-2)14-12-20)24-8-4-6-10-27(24)32(19)18-21-7-3-5-9-26(21)29/h3-15H,17-18H2,1-2H3,(H,31,33). The van der Waals surface area contributed by atoms with Crippen molar-refractivity contribution in [1.29, 1.82) is 5.26 Å². The van der Waals surface area contributed by atoms with Crippen LogP contribution >= 0.6 is 0 Å². The van der Waals surface area contributed by atoms with E-state index in [9.17, 15) is 14.4 Å². The quantitative estimate of drug-likeness (QED) is 0.302. The summed E-state index contributed by atoms with van der Waals surface area (Å²) in [5.74, 6) is 0.00554. The van der Waals surface area contributed by atoms with E-state index in [0.717, 1.165) is 33.5 Å². The molecule has 170 valence electrons. The summed E-state index contributed by atoms with van der Waals surface area (Å²) >= 11 is 0. The molecule has 0 fully saturated rings. The number of benzene rings is 3. The SMILES string of the molecule is COc1ccc(CNC(=O)C(C#N)=Cc2c(C)n(Cc3ccccc3F)c3ccccc23)cc1. The second kappa shape index (κ2) is 10.1. The number of methoxy groups -OCH3 is 1. The number of aromatic nitrogens is 1. The van der Waals surface area contributed by atoms with E-state index in [2.05, 4.69) is 5.32 Å². The highest BCUT2D eigenvalue weighted by molar-refractivity contribution is 6.04. The third-order valence-corrected chi connectivity index (χ3v) is 5.83. The number of carbonyl (C=O) groups is 1. The van der Waals surface area contributed by atoms with Gasteiger partial charge in [0.2, 0.25) is 0 Å². The van der Waals surface area contributed by atoms with Gasteiger partial charge in [0.05, 0.1) is 13.7 Å². The predicted molar refractivity (Wildman–Crippen MR) is 131 cm³/mol. The lowest BCUT2D eigenvalue weighted by Crippen LogP contribution is -2.23. The highest BCUT2D eigenvalue weighted by Gasteiger charge is 2.17. The molecule has 1 heterocycles. The minimum atomic E-state index is -0.455. The molecule has 0 spiro atoms. The maximum absolute atomic E-state index is 14.3. The van der Waals surface area contributed by atoms with Gasteiger partial charge in [-0.25, -0.2) is 4.39 Å². The summed E-state index contributed by atoms with van der Waals surface area (Å²) in [5.41, 5.74) is 3.99. The van der Waals surface area contributed by atoms with Gasteiger partial charge in [0.15, 0.2) is 0 Å². The Kier molecular flexibility index (Phi) is 6.74. The molecule has 0 bridgehead atoms. The molecule has 1 N–H and O–H groups in total. The minimum Gasteiger partial charge on any atom is -0.497 e. The zero-order valence-corrected chi connectivity index (χ0v) is 19.0. The number of carbonyl (C=O) groups excluding carboxylic acids is 1. The molecule has 1 amide bonds. The Labute approximate surface area is 197 Å². The molecule has 3 aromatic carbocycles. The fraction of sp³-hybridized carbons (Fsp3) is 0.143. The maximum atomic E-state index is 14.3. The number of nitrogens with one attached hydrogen (secondary N) is 1. The van der Waals surface area contributed by atoms with Crippen molar-refractivity contribution >= 4 is 22.9 Å². The number of hydrogen-bond donors (Lipinski definition) is 1. The molecule has 0 aliphatic rings. The van der Waals surface area contributed by atoms with E-state index in [-0.39, 0.29) is 17.9 Å². The Hall–Kier alpha value is -4.37. The van der Waals surface area contributed by atoms with E-state index >= 15 is 0 Å². The number of nitrogens with zero attached hydrogens (tertiary/aromatic N) is 2. The van der Waals surface area contributed by atoms with Crippen LogP contribution in [0.2, 0.25) is 0 Å². The summed E-state index contributed by atoms with van der Waals surface area (Å²) in [4.78, 5) is 12.8. The van der Waals surface area contributed by atoms with E-state index < -0.39 is 5.91 Å². The topological polar surface area (TPSA) is 67.0 Å². The van der Waals surface area contributed by atoms with Crippen molar-refractivity contribution in [1.82, 2.24) is 9.88 Å². The summed E-state index contributed by atoms with van der Waals surface area (Å²) in [6, 6.07) is 23.8. The largest absolute Gasteiger partial charge is 0.497 e. The Balaban J connectivity index is 1.64. The van der Waals surface area contributed by atoms with Crippen molar-refractivity contribution in [3.63, 3.8) is 0 Å². The van der Waals surface area contributed by atoms with Gasteiger partial charge in [-0.05, 0) is 42.8 Å². The second-order valence-corrected chi connectivity index (χ2v) is 7.89. The molecule has 0 atom stereocenters. The zero-order valence-electron chi connectivity index (χ0n) is 19.0. The molecule has 34 heavy (non-hydrogen) atoms. The van der Waals surface area contributed by atoms with Crippen molar-refractivity contribution in [2.24, 2.45) is 0 Å². The first-order chi connectivity index (χ1) is 16.5. The number of ether oxygens (including phenoxy) is 1. The first-order valence-corrected chi connectivity index (χ1v) is 10.9. The highest BCUT2D eigenvalue weighted by Crippen LogP contribution is 2.29. The third kappa shape index (κ3) is 4.69. The van der Waals surface area contributed by atoms with E-state index in [1.165, 1.54) is 6.07 Å². The summed E-state index contributed by atoms with van der Waals surface area (Å²) < 4.78 is 21.5. The van der Waals surface area contributed by atoms with Crippen LogP contribution in [-0.4, -0.2) is 17.6 Å². The second-order valence-electron chi connectivity index (χ2n) is 7.89. The molecule has 0 saturated carbocycles. The number of amides is 1.